The standard InChI is InChI=1S/C46H42BN/c1-3-9-29(10-4-1)33-21-23-38-39-15-8-16-43-46(39)47(40(38)27-33)41-28-34(30-11-5-2-6-12-30)22-24-42(41)48(43)37-25-35-19-17-31-13-7-14-32-18-20-36(26-37)45(35)44(31)32/h7-8,13-19,21-30,44H,1-6,9-12,20H2. The fourth-order valence-corrected chi connectivity index (χ4v) is 10.9. The first-order chi connectivity index (χ1) is 23.8. The zero-order valence-electron chi connectivity index (χ0n) is 27.8. The molecule has 48 heavy (non-hydrogen) atoms. The molecule has 234 valence electrons. The van der Waals surface area contributed by atoms with Gasteiger partial charge in [0.15, 0.2) is 0 Å². The van der Waals surface area contributed by atoms with Crippen LogP contribution in [0, 0.1) is 0 Å². The number of rotatable bonds is 3. The molecule has 11 rings (SSSR count). The van der Waals surface area contributed by atoms with Crippen molar-refractivity contribution in [1.82, 2.24) is 0 Å². The lowest BCUT2D eigenvalue weighted by Gasteiger charge is -2.39. The summed E-state index contributed by atoms with van der Waals surface area (Å²) >= 11 is 0. The molecule has 2 saturated carbocycles. The van der Waals surface area contributed by atoms with Crippen molar-refractivity contribution in [3.05, 3.63) is 136 Å². The van der Waals surface area contributed by atoms with Crippen LogP contribution in [-0.2, 0) is 6.42 Å². The van der Waals surface area contributed by atoms with Gasteiger partial charge in [0.25, 0.3) is 0 Å². The number of benzene rings is 4. The van der Waals surface area contributed by atoms with Gasteiger partial charge in [-0.05, 0) is 129 Å². The highest BCUT2D eigenvalue weighted by atomic mass is 15.2. The summed E-state index contributed by atoms with van der Waals surface area (Å²) in [7, 11) is 0. The molecule has 7 aliphatic rings. The maximum atomic E-state index is 2.66. The Balaban J connectivity index is 1.11. The first-order valence-corrected chi connectivity index (χ1v) is 18.9. The summed E-state index contributed by atoms with van der Waals surface area (Å²) in [6.45, 7) is 0.299. The minimum atomic E-state index is 0.299. The Morgan fingerprint density at radius 3 is 2.21 bits per heavy atom. The molecule has 1 nitrogen and oxygen atoms in total. The van der Waals surface area contributed by atoms with Crippen molar-refractivity contribution >= 4 is 46.2 Å². The van der Waals surface area contributed by atoms with E-state index >= 15 is 0 Å². The predicted molar refractivity (Wildman–Crippen MR) is 204 cm³/mol. The number of nitrogens with zero attached hydrogens (tertiary/aromatic N) is 1. The smallest absolute Gasteiger partial charge is 0.248 e. The number of allylic oxidation sites excluding steroid dienone is 7. The highest BCUT2D eigenvalue weighted by Crippen LogP contribution is 2.49. The predicted octanol–water partition coefficient (Wildman–Crippen LogP) is 10.2. The van der Waals surface area contributed by atoms with Crippen LogP contribution < -0.4 is 21.3 Å². The minimum absolute atomic E-state index is 0.299. The fraction of sp³-hybridized carbons (Fsp3) is 0.304. The third-order valence-corrected chi connectivity index (χ3v) is 13.1. The number of hydrogen-bond acceptors (Lipinski definition) is 1. The van der Waals surface area contributed by atoms with Crippen molar-refractivity contribution in [1.29, 1.82) is 0 Å². The van der Waals surface area contributed by atoms with E-state index in [-0.39, 0.29) is 0 Å². The molecule has 0 bridgehead atoms. The van der Waals surface area contributed by atoms with E-state index in [4.69, 9.17) is 0 Å². The third-order valence-electron chi connectivity index (χ3n) is 13.1. The second-order valence-electron chi connectivity index (χ2n) is 15.6. The number of anilines is 3. The van der Waals surface area contributed by atoms with E-state index in [1.165, 1.54) is 131 Å². The van der Waals surface area contributed by atoms with E-state index in [9.17, 15) is 0 Å². The SMILES string of the molecule is C1=CC2=CCc3cc(N4c5ccc(C6CCCCC6)cc5B5c6cc(C7CCCCC7)ccc6-c6cccc4c65)cc4c3C2C(=C1)C=C4. The molecule has 5 aliphatic carbocycles. The van der Waals surface area contributed by atoms with Gasteiger partial charge in [-0.1, -0.05) is 123 Å². The van der Waals surface area contributed by atoms with Crippen LogP contribution >= 0.6 is 0 Å². The summed E-state index contributed by atoms with van der Waals surface area (Å²) < 4.78 is 0. The van der Waals surface area contributed by atoms with E-state index in [0.717, 1.165) is 6.42 Å². The highest BCUT2D eigenvalue weighted by molar-refractivity contribution is 7.01. The number of hydrogen-bond donors (Lipinski definition) is 0. The fourth-order valence-electron chi connectivity index (χ4n) is 10.9. The average Bonchev–Trinajstić information content (AvgIpc) is 3.49. The van der Waals surface area contributed by atoms with Crippen LogP contribution in [0.25, 0.3) is 17.2 Å². The molecule has 0 spiro atoms. The molecule has 0 radical (unpaired) electrons. The molecule has 4 aromatic rings. The van der Waals surface area contributed by atoms with Crippen molar-refractivity contribution in [3.8, 4) is 11.1 Å². The molecule has 0 saturated heterocycles. The zero-order chi connectivity index (χ0) is 31.3. The molecule has 4 aromatic carbocycles. The molecule has 2 heterocycles. The Morgan fingerprint density at radius 1 is 0.625 bits per heavy atom. The summed E-state index contributed by atoms with van der Waals surface area (Å²) in [5, 5.41) is 0. The van der Waals surface area contributed by atoms with E-state index in [2.05, 4.69) is 108 Å². The van der Waals surface area contributed by atoms with Crippen molar-refractivity contribution in [3.63, 3.8) is 0 Å². The monoisotopic (exact) mass is 619 g/mol. The van der Waals surface area contributed by atoms with E-state index < -0.39 is 0 Å². The summed E-state index contributed by atoms with van der Waals surface area (Å²) in [6, 6.07) is 27.4. The first kappa shape index (κ1) is 27.6. The van der Waals surface area contributed by atoms with Gasteiger partial charge in [-0.2, -0.15) is 0 Å². The molecule has 0 amide bonds. The van der Waals surface area contributed by atoms with Gasteiger partial charge in [0, 0.05) is 23.0 Å². The van der Waals surface area contributed by atoms with E-state index in [1.807, 2.05) is 0 Å². The molecular formula is C46H42BN. The van der Waals surface area contributed by atoms with Crippen molar-refractivity contribution in [2.24, 2.45) is 0 Å². The summed E-state index contributed by atoms with van der Waals surface area (Å²) in [4.78, 5) is 2.64. The van der Waals surface area contributed by atoms with Gasteiger partial charge in [-0.3, -0.25) is 0 Å². The summed E-state index contributed by atoms with van der Waals surface area (Å²) in [6.07, 6.45) is 28.7. The van der Waals surface area contributed by atoms with E-state index in [1.54, 1.807) is 16.6 Å². The van der Waals surface area contributed by atoms with Gasteiger partial charge >= 0.3 is 0 Å². The molecular weight excluding hydrogens is 577 g/mol. The largest absolute Gasteiger partial charge is 0.311 e. The first-order valence-electron chi connectivity index (χ1n) is 18.9. The summed E-state index contributed by atoms with van der Waals surface area (Å²) in [5.41, 5.74) is 22.0. The van der Waals surface area contributed by atoms with Crippen molar-refractivity contribution in [2.75, 3.05) is 4.90 Å². The second kappa shape index (κ2) is 10.6. The van der Waals surface area contributed by atoms with Crippen LogP contribution in [0.5, 0.6) is 0 Å². The van der Waals surface area contributed by atoms with Crippen LogP contribution in [0.2, 0.25) is 0 Å². The molecule has 1 atom stereocenters. The topological polar surface area (TPSA) is 3.24 Å². The van der Waals surface area contributed by atoms with Crippen molar-refractivity contribution < 1.29 is 0 Å². The highest BCUT2D eigenvalue weighted by Gasteiger charge is 2.43. The van der Waals surface area contributed by atoms with E-state index in [0.29, 0.717) is 24.5 Å². The van der Waals surface area contributed by atoms with Gasteiger partial charge in [0.2, 0.25) is 6.71 Å². The zero-order valence-corrected chi connectivity index (χ0v) is 27.8. The Morgan fingerprint density at radius 2 is 1.40 bits per heavy atom. The maximum absolute atomic E-state index is 2.66. The minimum Gasteiger partial charge on any atom is -0.311 e. The molecule has 1 unspecified atom stereocenters. The van der Waals surface area contributed by atoms with Gasteiger partial charge in [-0.25, -0.2) is 0 Å². The Bertz CT molecular complexity index is 2150. The van der Waals surface area contributed by atoms with Gasteiger partial charge < -0.3 is 4.90 Å². The Labute approximate surface area is 285 Å². The average molecular weight is 620 g/mol. The van der Waals surface area contributed by atoms with Crippen LogP contribution in [0.3, 0.4) is 0 Å². The molecule has 2 fully saturated rings. The van der Waals surface area contributed by atoms with Crippen LogP contribution in [0.15, 0.2) is 108 Å². The second-order valence-corrected chi connectivity index (χ2v) is 15.6. The van der Waals surface area contributed by atoms with Gasteiger partial charge in [-0.15, -0.1) is 0 Å². The van der Waals surface area contributed by atoms with Crippen LogP contribution in [0.4, 0.5) is 17.1 Å². The van der Waals surface area contributed by atoms with Crippen LogP contribution in [-0.4, -0.2) is 6.71 Å². The maximum Gasteiger partial charge on any atom is 0.248 e. The third kappa shape index (κ3) is 3.98. The summed E-state index contributed by atoms with van der Waals surface area (Å²) in [5.74, 6) is 1.79. The van der Waals surface area contributed by atoms with Crippen LogP contribution in [0.1, 0.15) is 110 Å². The lowest BCUT2D eigenvalue weighted by Crippen LogP contribution is -2.55. The Kier molecular flexibility index (Phi) is 6.10. The lowest BCUT2D eigenvalue weighted by atomic mass is 9.37. The Hall–Kier alpha value is -4.30. The van der Waals surface area contributed by atoms with Crippen molar-refractivity contribution in [2.45, 2.75) is 88.4 Å². The van der Waals surface area contributed by atoms with Gasteiger partial charge in [0.1, 0.15) is 0 Å². The normalized spacial score (nSPS) is 21.7. The lowest BCUT2D eigenvalue weighted by molar-refractivity contribution is 0.444. The quantitative estimate of drug-likeness (QED) is 0.178. The van der Waals surface area contributed by atoms with Gasteiger partial charge in [0.05, 0.1) is 0 Å². The molecule has 2 aliphatic heterocycles. The molecule has 2 heteroatoms. The molecule has 0 N–H and O–H groups in total. The number of fused-ring (bicyclic) bond motifs is 5. The molecule has 0 aromatic heterocycles.